The Kier molecular flexibility index (Phi) is 6.03. The maximum atomic E-state index is 11.0. The topological polar surface area (TPSA) is 40.5 Å². The van der Waals surface area contributed by atoms with Gasteiger partial charge in [0.1, 0.15) is 0 Å². The number of hydrogen-bond donors (Lipinski definition) is 1. The van der Waals surface area contributed by atoms with Crippen LogP contribution in [-0.4, -0.2) is 36.1 Å². The average molecular weight is 263 g/mol. The summed E-state index contributed by atoms with van der Waals surface area (Å²) in [5, 5.41) is 9.06. The maximum absolute atomic E-state index is 11.0. The standard InChI is InChI=1S/C16H25NO2/c1-5-14(16(18)19)11-17(4)9-8-15-10-12(2)6-7-13(15)3/h6-7,10,14H,5,8-9,11H2,1-4H3,(H,18,19). The van der Waals surface area contributed by atoms with Gasteiger partial charge in [-0.15, -0.1) is 0 Å². The van der Waals surface area contributed by atoms with Gasteiger partial charge in [0, 0.05) is 13.1 Å². The summed E-state index contributed by atoms with van der Waals surface area (Å²) < 4.78 is 0. The molecule has 0 saturated carbocycles. The van der Waals surface area contributed by atoms with Crippen molar-refractivity contribution in [3.63, 3.8) is 0 Å². The molecule has 0 aliphatic carbocycles. The van der Waals surface area contributed by atoms with E-state index in [4.69, 9.17) is 5.11 Å². The van der Waals surface area contributed by atoms with Gasteiger partial charge in [-0.1, -0.05) is 30.7 Å². The van der Waals surface area contributed by atoms with E-state index < -0.39 is 5.97 Å². The normalized spacial score (nSPS) is 12.7. The van der Waals surface area contributed by atoms with Crippen molar-refractivity contribution in [3.8, 4) is 0 Å². The van der Waals surface area contributed by atoms with E-state index in [0.29, 0.717) is 13.0 Å². The van der Waals surface area contributed by atoms with Crippen molar-refractivity contribution in [2.75, 3.05) is 20.1 Å². The number of carboxylic acid groups (broad SMARTS) is 1. The van der Waals surface area contributed by atoms with E-state index in [-0.39, 0.29) is 5.92 Å². The van der Waals surface area contributed by atoms with Crippen molar-refractivity contribution >= 4 is 5.97 Å². The Morgan fingerprint density at radius 1 is 1.37 bits per heavy atom. The highest BCUT2D eigenvalue weighted by Crippen LogP contribution is 2.12. The lowest BCUT2D eigenvalue weighted by Crippen LogP contribution is -2.31. The summed E-state index contributed by atoms with van der Waals surface area (Å²) in [7, 11) is 2.00. The van der Waals surface area contributed by atoms with Crippen LogP contribution in [0.25, 0.3) is 0 Å². The largest absolute Gasteiger partial charge is 0.481 e. The molecule has 0 heterocycles. The molecule has 106 valence electrons. The van der Waals surface area contributed by atoms with E-state index in [0.717, 1.165) is 13.0 Å². The minimum Gasteiger partial charge on any atom is -0.481 e. The lowest BCUT2D eigenvalue weighted by atomic mass is 10.0. The number of likely N-dealkylation sites (N-methyl/N-ethyl adjacent to an activating group) is 1. The van der Waals surface area contributed by atoms with Gasteiger partial charge >= 0.3 is 5.97 Å². The fourth-order valence-corrected chi connectivity index (χ4v) is 2.23. The van der Waals surface area contributed by atoms with E-state index in [1.165, 1.54) is 16.7 Å². The van der Waals surface area contributed by atoms with Gasteiger partial charge in [0.15, 0.2) is 0 Å². The molecule has 0 amide bonds. The first-order valence-corrected chi connectivity index (χ1v) is 6.91. The fraction of sp³-hybridized carbons (Fsp3) is 0.562. The van der Waals surface area contributed by atoms with Crippen molar-refractivity contribution in [1.29, 1.82) is 0 Å². The Hall–Kier alpha value is -1.35. The molecule has 3 nitrogen and oxygen atoms in total. The van der Waals surface area contributed by atoms with Crippen LogP contribution in [0.5, 0.6) is 0 Å². The van der Waals surface area contributed by atoms with Gasteiger partial charge in [-0.2, -0.15) is 0 Å². The van der Waals surface area contributed by atoms with Crippen LogP contribution in [-0.2, 0) is 11.2 Å². The molecule has 0 aromatic heterocycles. The molecule has 0 bridgehead atoms. The van der Waals surface area contributed by atoms with Crippen molar-refractivity contribution in [2.45, 2.75) is 33.6 Å². The van der Waals surface area contributed by atoms with Crippen LogP contribution in [0.1, 0.15) is 30.0 Å². The summed E-state index contributed by atoms with van der Waals surface area (Å²) in [6.45, 7) is 7.67. The highest BCUT2D eigenvalue weighted by Gasteiger charge is 2.17. The third-order valence-corrected chi connectivity index (χ3v) is 3.64. The third kappa shape index (κ3) is 5.03. The lowest BCUT2D eigenvalue weighted by Gasteiger charge is -2.21. The minimum atomic E-state index is -0.693. The first-order valence-electron chi connectivity index (χ1n) is 6.91. The Morgan fingerprint density at radius 2 is 2.05 bits per heavy atom. The number of aliphatic carboxylic acids is 1. The van der Waals surface area contributed by atoms with E-state index in [2.05, 4.69) is 36.9 Å². The molecule has 0 saturated heterocycles. The Morgan fingerprint density at radius 3 is 2.63 bits per heavy atom. The summed E-state index contributed by atoms with van der Waals surface area (Å²) >= 11 is 0. The molecule has 1 rings (SSSR count). The molecule has 19 heavy (non-hydrogen) atoms. The second-order valence-electron chi connectivity index (χ2n) is 5.39. The third-order valence-electron chi connectivity index (χ3n) is 3.64. The number of benzene rings is 1. The zero-order chi connectivity index (χ0) is 14.4. The zero-order valence-corrected chi connectivity index (χ0v) is 12.4. The van der Waals surface area contributed by atoms with Gasteiger partial charge in [-0.05, 0) is 44.9 Å². The Bertz CT molecular complexity index is 429. The molecule has 1 unspecified atom stereocenters. The number of carboxylic acids is 1. The smallest absolute Gasteiger partial charge is 0.307 e. The zero-order valence-electron chi connectivity index (χ0n) is 12.4. The molecular formula is C16H25NO2. The number of carbonyl (C=O) groups is 1. The number of aryl methyl sites for hydroxylation is 2. The van der Waals surface area contributed by atoms with Crippen molar-refractivity contribution in [2.24, 2.45) is 5.92 Å². The molecule has 0 aliphatic rings. The van der Waals surface area contributed by atoms with Gasteiger partial charge in [-0.25, -0.2) is 0 Å². The van der Waals surface area contributed by atoms with Gasteiger partial charge in [0.2, 0.25) is 0 Å². The van der Waals surface area contributed by atoms with Crippen LogP contribution in [0.3, 0.4) is 0 Å². The van der Waals surface area contributed by atoms with Crippen LogP contribution in [0.2, 0.25) is 0 Å². The second-order valence-corrected chi connectivity index (χ2v) is 5.39. The first-order chi connectivity index (χ1) is 8.93. The van der Waals surface area contributed by atoms with Crippen molar-refractivity contribution in [3.05, 3.63) is 34.9 Å². The fourth-order valence-electron chi connectivity index (χ4n) is 2.23. The number of rotatable bonds is 7. The summed E-state index contributed by atoms with van der Waals surface area (Å²) in [4.78, 5) is 13.1. The molecule has 0 radical (unpaired) electrons. The van der Waals surface area contributed by atoms with Gasteiger partial charge in [-0.3, -0.25) is 4.79 Å². The summed E-state index contributed by atoms with van der Waals surface area (Å²) in [6, 6.07) is 6.49. The van der Waals surface area contributed by atoms with E-state index in [1.54, 1.807) is 0 Å². The number of hydrogen-bond acceptors (Lipinski definition) is 2. The van der Waals surface area contributed by atoms with Crippen molar-refractivity contribution in [1.82, 2.24) is 4.90 Å². The summed E-state index contributed by atoms with van der Waals surface area (Å²) in [6.07, 6.45) is 1.66. The quantitative estimate of drug-likeness (QED) is 0.822. The molecule has 0 aliphatic heterocycles. The van der Waals surface area contributed by atoms with Crippen LogP contribution < -0.4 is 0 Å². The van der Waals surface area contributed by atoms with Crippen LogP contribution in [0.15, 0.2) is 18.2 Å². The van der Waals surface area contributed by atoms with Gasteiger partial charge < -0.3 is 10.0 Å². The molecule has 0 fully saturated rings. The highest BCUT2D eigenvalue weighted by molar-refractivity contribution is 5.70. The molecule has 0 spiro atoms. The van der Waals surface area contributed by atoms with Gasteiger partial charge in [0.25, 0.3) is 0 Å². The molecule has 1 aromatic rings. The van der Waals surface area contributed by atoms with Crippen molar-refractivity contribution < 1.29 is 9.90 Å². The monoisotopic (exact) mass is 263 g/mol. The van der Waals surface area contributed by atoms with Crippen LogP contribution in [0, 0.1) is 19.8 Å². The summed E-state index contributed by atoms with van der Waals surface area (Å²) in [5.41, 5.74) is 3.94. The lowest BCUT2D eigenvalue weighted by molar-refractivity contribution is -0.142. The van der Waals surface area contributed by atoms with E-state index in [1.807, 2.05) is 14.0 Å². The van der Waals surface area contributed by atoms with Gasteiger partial charge in [0.05, 0.1) is 5.92 Å². The molecule has 1 N–H and O–H groups in total. The predicted molar refractivity (Wildman–Crippen MR) is 78.5 cm³/mol. The SMILES string of the molecule is CCC(CN(C)CCc1cc(C)ccc1C)C(=O)O. The first kappa shape index (κ1) is 15.7. The number of nitrogens with zero attached hydrogens (tertiary/aromatic N) is 1. The second kappa shape index (κ2) is 7.29. The predicted octanol–water partition coefficient (Wildman–Crippen LogP) is 2.89. The van der Waals surface area contributed by atoms with Crippen LogP contribution >= 0.6 is 0 Å². The van der Waals surface area contributed by atoms with E-state index >= 15 is 0 Å². The average Bonchev–Trinajstić information content (AvgIpc) is 2.36. The molecule has 1 atom stereocenters. The maximum Gasteiger partial charge on any atom is 0.307 e. The molecule has 1 aromatic carbocycles. The van der Waals surface area contributed by atoms with Crippen LogP contribution in [0.4, 0.5) is 0 Å². The molecular weight excluding hydrogens is 238 g/mol. The minimum absolute atomic E-state index is 0.261. The summed E-state index contributed by atoms with van der Waals surface area (Å²) in [5.74, 6) is -0.954. The Labute approximate surface area is 116 Å². The molecule has 3 heteroatoms. The highest BCUT2D eigenvalue weighted by atomic mass is 16.4. The Balaban J connectivity index is 2.52. The van der Waals surface area contributed by atoms with E-state index in [9.17, 15) is 4.79 Å².